The molecular formula is C26H19NS. The molecule has 0 amide bonds. The van der Waals surface area contributed by atoms with Gasteiger partial charge in [-0.15, -0.1) is 11.3 Å². The maximum atomic E-state index is 2.42. The topological polar surface area (TPSA) is 4.93 Å². The number of fused-ring (bicyclic) bond motifs is 4. The lowest BCUT2D eigenvalue weighted by atomic mass is 9.92. The maximum absolute atomic E-state index is 2.42. The largest absolute Gasteiger partial charge is 0.309 e. The second-order valence-corrected chi connectivity index (χ2v) is 8.38. The van der Waals surface area contributed by atoms with Crippen molar-refractivity contribution in [2.24, 2.45) is 0 Å². The molecule has 2 heterocycles. The first kappa shape index (κ1) is 15.9. The number of para-hydroxylation sites is 1. The minimum Gasteiger partial charge on any atom is -0.309 e. The van der Waals surface area contributed by atoms with E-state index in [1.165, 1.54) is 43.1 Å². The Morgan fingerprint density at radius 3 is 2.71 bits per heavy atom. The molecule has 0 radical (unpaired) electrons. The zero-order valence-corrected chi connectivity index (χ0v) is 16.2. The number of hydrogen-bond donors (Lipinski definition) is 0. The van der Waals surface area contributed by atoms with E-state index in [0.717, 1.165) is 6.42 Å². The van der Waals surface area contributed by atoms with Crippen LogP contribution in [0, 0.1) is 0 Å². The van der Waals surface area contributed by atoms with Gasteiger partial charge in [0.2, 0.25) is 0 Å². The van der Waals surface area contributed by atoms with Crippen LogP contribution in [0.15, 0.2) is 96.4 Å². The van der Waals surface area contributed by atoms with Crippen molar-refractivity contribution in [2.75, 3.05) is 0 Å². The Hall–Kier alpha value is -3.10. The molecule has 2 heteroatoms. The van der Waals surface area contributed by atoms with Crippen LogP contribution < -0.4 is 0 Å². The predicted octanol–water partition coefficient (Wildman–Crippen LogP) is 7.60. The lowest BCUT2D eigenvalue weighted by Gasteiger charge is -2.16. The Balaban J connectivity index is 1.65. The van der Waals surface area contributed by atoms with Gasteiger partial charge in [0, 0.05) is 27.1 Å². The fraction of sp³-hybridized carbons (Fsp3) is 0.0769. The van der Waals surface area contributed by atoms with E-state index < -0.39 is 0 Å². The van der Waals surface area contributed by atoms with Gasteiger partial charge in [-0.1, -0.05) is 54.6 Å². The molecule has 1 nitrogen and oxygen atoms in total. The van der Waals surface area contributed by atoms with E-state index in [1.54, 1.807) is 0 Å². The van der Waals surface area contributed by atoms with Crippen LogP contribution in [0.5, 0.6) is 0 Å². The van der Waals surface area contributed by atoms with E-state index in [-0.39, 0.29) is 0 Å². The molecule has 0 spiro atoms. The van der Waals surface area contributed by atoms with E-state index in [4.69, 9.17) is 0 Å². The minimum atomic E-state index is 0.460. The SMILES string of the molecule is C1=CCC(c2cccc(-n3c4ccccc4c4cc5sccc5cc43)c2)C=C1. The number of rotatable bonds is 2. The van der Waals surface area contributed by atoms with Gasteiger partial charge in [0.05, 0.1) is 11.0 Å². The monoisotopic (exact) mass is 377 g/mol. The maximum Gasteiger partial charge on any atom is 0.0548 e. The third-order valence-electron chi connectivity index (χ3n) is 5.78. The third kappa shape index (κ3) is 2.38. The predicted molar refractivity (Wildman–Crippen MR) is 122 cm³/mol. The first-order chi connectivity index (χ1) is 13.9. The smallest absolute Gasteiger partial charge is 0.0548 e. The van der Waals surface area contributed by atoms with Crippen LogP contribution >= 0.6 is 11.3 Å². The second kappa shape index (κ2) is 6.22. The van der Waals surface area contributed by atoms with Crippen LogP contribution in [0.1, 0.15) is 17.9 Å². The Morgan fingerprint density at radius 1 is 0.821 bits per heavy atom. The van der Waals surface area contributed by atoms with E-state index in [9.17, 15) is 0 Å². The normalized spacial score (nSPS) is 16.5. The summed E-state index contributed by atoms with van der Waals surface area (Å²) in [5.74, 6) is 0.460. The molecular weight excluding hydrogens is 358 g/mol. The zero-order valence-electron chi connectivity index (χ0n) is 15.4. The van der Waals surface area contributed by atoms with Gasteiger partial charge in [0.1, 0.15) is 0 Å². The van der Waals surface area contributed by atoms with Crippen LogP contribution in [0.2, 0.25) is 0 Å². The second-order valence-electron chi connectivity index (χ2n) is 7.43. The standard InChI is InChI=1S/C26H19NS/c1-2-7-18(8-3-1)19-9-6-10-21(15-19)27-24-12-5-4-11-22(24)23-17-26-20(13-14-28-26)16-25(23)27/h1-7,9-18H,8H2. The van der Waals surface area contributed by atoms with Crippen molar-refractivity contribution < 1.29 is 0 Å². The highest BCUT2D eigenvalue weighted by atomic mass is 32.1. The van der Waals surface area contributed by atoms with Crippen molar-refractivity contribution >= 4 is 43.2 Å². The van der Waals surface area contributed by atoms with Crippen LogP contribution in [0.4, 0.5) is 0 Å². The van der Waals surface area contributed by atoms with Gasteiger partial charge in [0.25, 0.3) is 0 Å². The molecule has 1 aliphatic carbocycles. The molecule has 1 unspecified atom stereocenters. The van der Waals surface area contributed by atoms with Crippen molar-refractivity contribution in [3.63, 3.8) is 0 Å². The fourth-order valence-corrected chi connectivity index (χ4v) is 5.24. The van der Waals surface area contributed by atoms with Crippen molar-refractivity contribution in [1.82, 2.24) is 4.57 Å². The number of allylic oxidation sites excluding steroid dienone is 4. The molecule has 1 atom stereocenters. The van der Waals surface area contributed by atoms with E-state index in [1.807, 2.05) is 11.3 Å². The van der Waals surface area contributed by atoms with E-state index in [0.29, 0.717) is 5.92 Å². The molecule has 0 N–H and O–H groups in total. The average molecular weight is 378 g/mol. The first-order valence-electron chi connectivity index (χ1n) is 9.72. The summed E-state index contributed by atoms with van der Waals surface area (Å²) < 4.78 is 3.77. The average Bonchev–Trinajstić information content (AvgIpc) is 3.34. The van der Waals surface area contributed by atoms with E-state index in [2.05, 4.69) is 101 Å². The summed E-state index contributed by atoms with van der Waals surface area (Å²) in [4.78, 5) is 0. The van der Waals surface area contributed by atoms with Crippen molar-refractivity contribution in [3.05, 3.63) is 102 Å². The summed E-state index contributed by atoms with van der Waals surface area (Å²) >= 11 is 1.81. The summed E-state index contributed by atoms with van der Waals surface area (Å²) in [7, 11) is 0. The number of benzene rings is 3. The van der Waals surface area contributed by atoms with Crippen LogP contribution in [0.3, 0.4) is 0 Å². The molecule has 0 bridgehead atoms. The van der Waals surface area contributed by atoms with Crippen molar-refractivity contribution in [2.45, 2.75) is 12.3 Å². The number of thiophene rings is 1. The van der Waals surface area contributed by atoms with Crippen LogP contribution in [-0.4, -0.2) is 4.57 Å². The minimum absolute atomic E-state index is 0.460. The molecule has 5 aromatic rings. The molecule has 3 aromatic carbocycles. The van der Waals surface area contributed by atoms with Gasteiger partial charge in [-0.05, 0) is 59.1 Å². The van der Waals surface area contributed by atoms with Gasteiger partial charge in [-0.3, -0.25) is 0 Å². The molecule has 0 fully saturated rings. The highest BCUT2D eigenvalue weighted by molar-refractivity contribution is 7.17. The van der Waals surface area contributed by atoms with Gasteiger partial charge in [0.15, 0.2) is 0 Å². The van der Waals surface area contributed by atoms with Crippen molar-refractivity contribution in [3.8, 4) is 5.69 Å². The summed E-state index contributed by atoms with van der Waals surface area (Å²) in [5.41, 5.74) is 5.16. The molecule has 1 aliphatic rings. The van der Waals surface area contributed by atoms with Gasteiger partial charge >= 0.3 is 0 Å². The van der Waals surface area contributed by atoms with E-state index >= 15 is 0 Å². The van der Waals surface area contributed by atoms with Crippen molar-refractivity contribution in [1.29, 1.82) is 0 Å². The molecule has 0 saturated carbocycles. The summed E-state index contributed by atoms with van der Waals surface area (Å²) in [6, 6.07) is 24.7. The van der Waals surface area contributed by atoms with Crippen LogP contribution in [0.25, 0.3) is 37.6 Å². The quantitative estimate of drug-likeness (QED) is 0.298. The number of nitrogens with zero attached hydrogens (tertiary/aromatic N) is 1. The summed E-state index contributed by atoms with van der Waals surface area (Å²) in [6.07, 6.45) is 9.93. The van der Waals surface area contributed by atoms with Gasteiger partial charge in [-0.2, -0.15) is 0 Å². The van der Waals surface area contributed by atoms with Gasteiger partial charge in [-0.25, -0.2) is 0 Å². The first-order valence-corrected chi connectivity index (χ1v) is 10.6. The van der Waals surface area contributed by atoms with Crippen LogP contribution in [-0.2, 0) is 0 Å². The Kier molecular flexibility index (Phi) is 3.53. The Labute approximate surface area is 167 Å². The third-order valence-corrected chi connectivity index (χ3v) is 6.66. The highest BCUT2D eigenvalue weighted by Gasteiger charge is 2.15. The lowest BCUT2D eigenvalue weighted by molar-refractivity contribution is 0.852. The van der Waals surface area contributed by atoms with Gasteiger partial charge < -0.3 is 4.57 Å². The fourth-order valence-electron chi connectivity index (χ4n) is 4.42. The number of aromatic nitrogens is 1. The summed E-state index contributed by atoms with van der Waals surface area (Å²) in [6.45, 7) is 0. The molecule has 6 rings (SSSR count). The Morgan fingerprint density at radius 2 is 1.79 bits per heavy atom. The zero-order chi connectivity index (χ0) is 18.5. The molecule has 28 heavy (non-hydrogen) atoms. The number of hydrogen-bond acceptors (Lipinski definition) is 1. The molecule has 2 aromatic heterocycles. The Bertz CT molecular complexity index is 1400. The molecule has 134 valence electrons. The lowest BCUT2D eigenvalue weighted by Crippen LogP contribution is -1.99. The molecule has 0 saturated heterocycles. The summed E-state index contributed by atoms with van der Waals surface area (Å²) in [5, 5.41) is 6.15. The highest BCUT2D eigenvalue weighted by Crippen LogP contribution is 2.37. The molecule has 0 aliphatic heterocycles.